The predicted octanol–water partition coefficient (Wildman–Crippen LogP) is 0.324. The summed E-state index contributed by atoms with van der Waals surface area (Å²) in [6.45, 7) is 8.14. The Morgan fingerprint density at radius 3 is 2.36 bits per heavy atom. The number of benzene rings is 1. The van der Waals surface area contributed by atoms with E-state index in [9.17, 15) is 14.7 Å². The lowest BCUT2D eigenvalue weighted by atomic mass is 10.1. The third-order valence-corrected chi connectivity index (χ3v) is 5.60. The molecule has 2 saturated heterocycles. The smallest absolute Gasteiger partial charge is 0.265 e. The quantitative estimate of drug-likeness (QED) is 0.787. The first-order valence-corrected chi connectivity index (χ1v) is 9.79. The monoisotopic (exact) mass is 386 g/mol. The van der Waals surface area contributed by atoms with E-state index in [2.05, 4.69) is 14.8 Å². The summed E-state index contributed by atoms with van der Waals surface area (Å²) in [5, 5.41) is 11.0. The number of fused-ring (bicyclic) bond motifs is 1. The lowest BCUT2D eigenvalue weighted by Crippen LogP contribution is -2.51. The van der Waals surface area contributed by atoms with Gasteiger partial charge in [-0.25, -0.2) is 0 Å². The second-order valence-corrected chi connectivity index (χ2v) is 7.31. The molecule has 1 aromatic carbocycles. The highest BCUT2D eigenvalue weighted by Gasteiger charge is 2.27. The molecule has 28 heavy (non-hydrogen) atoms. The minimum Gasteiger partial charge on any atom is -0.506 e. The van der Waals surface area contributed by atoms with Gasteiger partial charge in [0.1, 0.15) is 11.3 Å². The normalized spacial score (nSPS) is 19.2. The van der Waals surface area contributed by atoms with Gasteiger partial charge in [-0.2, -0.15) is 0 Å². The standard InChI is InChI=1S/C20H26N4O4/c25-18-15-3-1-2-4-16(15)21-19(26)17(18)20(27)24-9-7-22(8-10-24)5-6-23-11-13-28-14-12-23/h1-4H,5-14H2,(H2,21,25,26). The fraction of sp³-hybridized carbons (Fsp3) is 0.500. The molecule has 2 aromatic rings. The van der Waals surface area contributed by atoms with E-state index in [4.69, 9.17) is 4.74 Å². The average molecular weight is 386 g/mol. The molecule has 0 atom stereocenters. The molecular weight excluding hydrogens is 360 g/mol. The molecule has 2 N–H and O–H groups in total. The highest BCUT2D eigenvalue weighted by Crippen LogP contribution is 2.25. The Balaban J connectivity index is 1.39. The third-order valence-electron chi connectivity index (χ3n) is 5.60. The van der Waals surface area contributed by atoms with E-state index in [1.165, 1.54) is 0 Å². The molecule has 0 spiro atoms. The van der Waals surface area contributed by atoms with Crippen molar-refractivity contribution in [3.8, 4) is 5.75 Å². The number of aromatic nitrogens is 1. The van der Waals surface area contributed by atoms with Crippen LogP contribution in [0.25, 0.3) is 10.9 Å². The number of morpholine rings is 1. The van der Waals surface area contributed by atoms with E-state index in [0.717, 1.165) is 52.5 Å². The van der Waals surface area contributed by atoms with Crippen molar-refractivity contribution in [3.63, 3.8) is 0 Å². The molecule has 1 amide bonds. The van der Waals surface area contributed by atoms with Crippen LogP contribution in [0.2, 0.25) is 0 Å². The molecule has 0 bridgehead atoms. The first kappa shape index (κ1) is 18.9. The first-order chi connectivity index (χ1) is 13.6. The number of hydrogen-bond donors (Lipinski definition) is 2. The Morgan fingerprint density at radius 2 is 1.64 bits per heavy atom. The highest BCUT2D eigenvalue weighted by molar-refractivity contribution is 6.02. The van der Waals surface area contributed by atoms with E-state index in [1.807, 2.05) is 0 Å². The number of nitrogens with zero attached hydrogens (tertiary/aromatic N) is 3. The Labute approximate surface area is 163 Å². The Kier molecular flexibility index (Phi) is 5.61. The van der Waals surface area contributed by atoms with E-state index < -0.39 is 11.5 Å². The van der Waals surface area contributed by atoms with Crippen LogP contribution in [-0.2, 0) is 4.74 Å². The van der Waals surface area contributed by atoms with Crippen LogP contribution in [0.3, 0.4) is 0 Å². The number of para-hydroxylation sites is 1. The first-order valence-electron chi connectivity index (χ1n) is 9.79. The number of rotatable bonds is 4. The molecule has 1 aromatic heterocycles. The summed E-state index contributed by atoms with van der Waals surface area (Å²) >= 11 is 0. The summed E-state index contributed by atoms with van der Waals surface area (Å²) in [5.41, 5.74) is -0.189. The van der Waals surface area contributed by atoms with Gasteiger partial charge in [0.2, 0.25) is 0 Å². The van der Waals surface area contributed by atoms with Crippen molar-refractivity contribution < 1.29 is 14.6 Å². The van der Waals surface area contributed by atoms with Gasteiger partial charge in [0.05, 0.1) is 18.7 Å². The minimum atomic E-state index is -0.545. The van der Waals surface area contributed by atoms with Gasteiger partial charge in [-0.1, -0.05) is 12.1 Å². The van der Waals surface area contributed by atoms with Gasteiger partial charge in [0, 0.05) is 57.7 Å². The Hall–Kier alpha value is -2.42. The van der Waals surface area contributed by atoms with Gasteiger partial charge in [0.15, 0.2) is 0 Å². The van der Waals surface area contributed by atoms with Crippen LogP contribution in [0, 0.1) is 0 Å². The molecule has 150 valence electrons. The van der Waals surface area contributed by atoms with Crippen LogP contribution < -0.4 is 5.56 Å². The zero-order valence-electron chi connectivity index (χ0n) is 15.9. The van der Waals surface area contributed by atoms with Crippen LogP contribution in [-0.4, -0.2) is 96.3 Å². The number of aromatic amines is 1. The molecule has 0 aliphatic carbocycles. The van der Waals surface area contributed by atoms with Crippen molar-refractivity contribution in [2.75, 3.05) is 65.6 Å². The van der Waals surface area contributed by atoms with Gasteiger partial charge in [-0.3, -0.25) is 19.4 Å². The molecule has 2 aliphatic heterocycles. The van der Waals surface area contributed by atoms with Crippen molar-refractivity contribution in [1.29, 1.82) is 0 Å². The molecule has 3 heterocycles. The summed E-state index contributed by atoms with van der Waals surface area (Å²) in [6.07, 6.45) is 0. The molecule has 2 fully saturated rings. The fourth-order valence-electron chi connectivity index (χ4n) is 3.86. The summed E-state index contributed by atoms with van der Waals surface area (Å²) in [7, 11) is 0. The van der Waals surface area contributed by atoms with Crippen molar-refractivity contribution in [2.45, 2.75) is 0 Å². The van der Waals surface area contributed by atoms with Gasteiger partial charge in [0.25, 0.3) is 11.5 Å². The molecule has 4 rings (SSSR count). The third kappa shape index (κ3) is 3.89. The number of ether oxygens (including phenoxy) is 1. The lowest BCUT2D eigenvalue weighted by molar-refractivity contribution is 0.0293. The van der Waals surface area contributed by atoms with Crippen LogP contribution >= 0.6 is 0 Å². The number of aromatic hydroxyl groups is 1. The zero-order chi connectivity index (χ0) is 19.5. The lowest BCUT2D eigenvalue weighted by Gasteiger charge is -2.36. The maximum Gasteiger partial charge on any atom is 0.265 e. The number of pyridine rings is 1. The van der Waals surface area contributed by atoms with Crippen molar-refractivity contribution in [2.24, 2.45) is 0 Å². The van der Waals surface area contributed by atoms with Crippen LogP contribution in [0.5, 0.6) is 5.75 Å². The average Bonchev–Trinajstić information content (AvgIpc) is 2.73. The Bertz CT molecular complexity index is 899. The van der Waals surface area contributed by atoms with E-state index in [1.54, 1.807) is 29.2 Å². The molecule has 0 saturated carbocycles. The number of hydrogen-bond acceptors (Lipinski definition) is 6. The second kappa shape index (κ2) is 8.30. The van der Waals surface area contributed by atoms with Gasteiger partial charge in [-0.05, 0) is 12.1 Å². The van der Waals surface area contributed by atoms with Crippen molar-refractivity contribution >= 4 is 16.8 Å². The number of carbonyl (C=O) groups excluding carboxylic acids is 1. The maximum atomic E-state index is 12.9. The summed E-state index contributed by atoms with van der Waals surface area (Å²) in [5.74, 6) is -0.642. The Morgan fingerprint density at radius 1 is 1.00 bits per heavy atom. The van der Waals surface area contributed by atoms with Crippen LogP contribution in [0.4, 0.5) is 0 Å². The summed E-state index contributed by atoms with van der Waals surface area (Å²) in [4.78, 5) is 34.4. The zero-order valence-corrected chi connectivity index (χ0v) is 15.9. The fourth-order valence-corrected chi connectivity index (χ4v) is 3.86. The molecule has 8 nitrogen and oxygen atoms in total. The molecule has 8 heteroatoms. The topological polar surface area (TPSA) is 89.1 Å². The van der Waals surface area contributed by atoms with Gasteiger partial charge >= 0.3 is 0 Å². The van der Waals surface area contributed by atoms with Gasteiger partial charge in [-0.15, -0.1) is 0 Å². The maximum absolute atomic E-state index is 12.9. The van der Waals surface area contributed by atoms with E-state index >= 15 is 0 Å². The number of amides is 1. The SMILES string of the molecule is O=C(c1c(O)c2ccccc2[nH]c1=O)N1CCN(CCN2CCOCC2)CC1. The summed E-state index contributed by atoms with van der Waals surface area (Å²) < 4.78 is 5.37. The van der Waals surface area contributed by atoms with Crippen molar-refractivity contribution in [1.82, 2.24) is 19.7 Å². The number of piperazine rings is 1. The number of H-pyrrole nitrogens is 1. The molecule has 2 aliphatic rings. The highest BCUT2D eigenvalue weighted by atomic mass is 16.5. The molecule has 0 radical (unpaired) electrons. The van der Waals surface area contributed by atoms with Crippen LogP contribution in [0.15, 0.2) is 29.1 Å². The largest absolute Gasteiger partial charge is 0.506 e. The predicted molar refractivity (Wildman–Crippen MR) is 106 cm³/mol. The van der Waals surface area contributed by atoms with E-state index in [-0.39, 0.29) is 11.3 Å². The second-order valence-electron chi connectivity index (χ2n) is 7.31. The molecule has 0 unspecified atom stereocenters. The number of carbonyl (C=O) groups is 1. The van der Waals surface area contributed by atoms with Gasteiger partial charge < -0.3 is 19.7 Å². The number of nitrogens with one attached hydrogen (secondary N) is 1. The molecular formula is C20H26N4O4. The summed E-state index contributed by atoms with van der Waals surface area (Å²) in [6, 6.07) is 6.94. The van der Waals surface area contributed by atoms with Crippen LogP contribution in [0.1, 0.15) is 10.4 Å². The minimum absolute atomic E-state index is 0.166. The van der Waals surface area contributed by atoms with Crippen molar-refractivity contribution in [3.05, 3.63) is 40.2 Å². The van der Waals surface area contributed by atoms with E-state index in [0.29, 0.717) is 24.0 Å².